The summed E-state index contributed by atoms with van der Waals surface area (Å²) in [4.78, 5) is 13.2. The maximum absolute atomic E-state index is 12.8. The zero-order valence-corrected chi connectivity index (χ0v) is 13.8. The molecule has 1 rings (SSSR count). The summed E-state index contributed by atoms with van der Waals surface area (Å²) >= 11 is 1.56. The summed E-state index contributed by atoms with van der Waals surface area (Å²) in [7, 11) is 0. The van der Waals surface area contributed by atoms with Gasteiger partial charge in [-0.05, 0) is 37.1 Å². The van der Waals surface area contributed by atoms with E-state index in [0.29, 0.717) is 12.3 Å². The molecule has 0 bridgehead atoms. The molecule has 1 atom stereocenters. The Kier molecular flexibility index (Phi) is 7.18. The van der Waals surface area contributed by atoms with E-state index in [-0.39, 0.29) is 23.2 Å². The van der Waals surface area contributed by atoms with Gasteiger partial charge in [0.25, 0.3) is 0 Å². The van der Waals surface area contributed by atoms with Crippen molar-refractivity contribution in [1.82, 2.24) is 5.32 Å². The highest BCUT2D eigenvalue weighted by Gasteiger charge is 2.28. The van der Waals surface area contributed by atoms with Crippen molar-refractivity contribution in [1.29, 1.82) is 0 Å². The topological polar surface area (TPSA) is 55.1 Å². The molecule has 1 aromatic carbocycles. The molecule has 118 valence electrons. The van der Waals surface area contributed by atoms with E-state index >= 15 is 0 Å². The number of carbonyl (C=O) groups is 1. The molecule has 3 N–H and O–H groups in total. The number of rotatable bonds is 8. The number of hydrogen-bond acceptors (Lipinski definition) is 3. The van der Waals surface area contributed by atoms with Gasteiger partial charge in [0.05, 0.1) is 5.54 Å². The van der Waals surface area contributed by atoms with Crippen LogP contribution in [0.5, 0.6) is 0 Å². The molecular formula is C16H25FN2OS. The van der Waals surface area contributed by atoms with Crippen molar-refractivity contribution in [3.63, 3.8) is 0 Å². The zero-order valence-electron chi connectivity index (χ0n) is 13.0. The number of hydrogen-bond donors (Lipinski definition) is 2. The second kappa shape index (κ2) is 8.39. The van der Waals surface area contributed by atoms with E-state index in [2.05, 4.69) is 5.32 Å². The van der Waals surface area contributed by atoms with Gasteiger partial charge in [0.15, 0.2) is 0 Å². The Bertz CT molecular complexity index is 438. The van der Waals surface area contributed by atoms with Crippen molar-refractivity contribution in [2.75, 3.05) is 12.3 Å². The fourth-order valence-electron chi connectivity index (χ4n) is 1.98. The Balaban J connectivity index is 2.52. The van der Waals surface area contributed by atoms with Gasteiger partial charge in [-0.15, -0.1) is 11.8 Å². The van der Waals surface area contributed by atoms with Gasteiger partial charge in [0, 0.05) is 23.1 Å². The quantitative estimate of drug-likeness (QED) is 0.725. The molecule has 1 unspecified atom stereocenters. The molecule has 0 aromatic heterocycles. The van der Waals surface area contributed by atoms with Crippen LogP contribution >= 0.6 is 11.8 Å². The zero-order chi connectivity index (χ0) is 15.9. The highest BCUT2D eigenvalue weighted by molar-refractivity contribution is 7.99. The van der Waals surface area contributed by atoms with Crippen LogP contribution in [0.25, 0.3) is 0 Å². The first kappa shape index (κ1) is 18.0. The van der Waals surface area contributed by atoms with Crippen LogP contribution in [-0.2, 0) is 4.79 Å². The first-order valence-electron chi connectivity index (χ1n) is 7.36. The summed E-state index contributed by atoms with van der Waals surface area (Å²) in [6.07, 6.45) is 1.65. The number of amides is 1. The van der Waals surface area contributed by atoms with Gasteiger partial charge in [-0.3, -0.25) is 4.79 Å². The number of halogens is 1. The third-order valence-corrected chi connectivity index (χ3v) is 5.17. The third-order valence-electron chi connectivity index (χ3n) is 3.89. The highest BCUT2D eigenvalue weighted by Crippen LogP contribution is 2.22. The van der Waals surface area contributed by atoms with E-state index in [1.54, 1.807) is 23.9 Å². The normalized spacial score (nSPS) is 13.0. The van der Waals surface area contributed by atoms with Crippen molar-refractivity contribution in [2.24, 2.45) is 11.7 Å². The Morgan fingerprint density at radius 3 is 2.38 bits per heavy atom. The lowest BCUT2D eigenvalue weighted by molar-refractivity contribution is -0.125. The van der Waals surface area contributed by atoms with E-state index in [0.717, 1.165) is 17.7 Å². The van der Waals surface area contributed by atoms with E-state index < -0.39 is 0 Å². The van der Waals surface area contributed by atoms with Crippen molar-refractivity contribution >= 4 is 17.7 Å². The number of benzene rings is 1. The van der Waals surface area contributed by atoms with Gasteiger partial charge in [-0.2, -0.15) is 0 Å². The second-order valence-electron chi connectivity index (χ2n) is 5.35. The summed E-state index contributed by atoms with van der Waals surface area (Å²) in [6, 6.07) is 6.32. The number of nitrogens with two attached hydrogens (primary N) is 1. The Morgan fingerprint density at radius 2 is 1.90 bits per heavy atom. The Hall–Kier alpha value is -1.07. The van der Waals surface area contributed by atoms with Crippen LogP contribution in [-0.4, -0.2) is 23.7 Å². The lowest BCUT2D eigenvalue weighted by Crippen LogP contribution is -2.54. The molecule has 0 aliphatic heterocycles. The molecule has 21 heavy (non-hydrogen) atoms. The monoisotopic (exact) mass is 312 g/mol. The number of thioether (sulfide) groups is 1. The SMILES string of the molecule is CCC(CC)(CN)NC(=O)C(C)CSc1ccc(F)cc1. The average molecular weight is 312 g/mol. The number of carbonyl (C=O) groups excluding carboxylic acids is 1. The van der Waals surface area contributed by atoms with Crippen LogP contribution in [0.4, 0.5) is 4.39 Å². The molecule has 3 nitrogen and oxygen atoms in total. The molecule has 1 amide bonds. The molecule has 0 saturated heterocycles. The molecular weight excluding hydrogens is 287 g/mol. The van der Waals surface area contributed by atoms with E-state index in [1.807, 2.05) is 20.8 Å². The molecule has 0 heterocycles. The van der Waals surface area contributed by atoms with Crippen molar-refractivity contribution in [3.05, 3.63) is 30.1 Å². The summed E-state index contributed by atoms with van der Waals surface area (Å²) < 4.78 is 12.8. The maximum atomic E-state index is 12.8. The van der Waals surface area contributed by atoms with Crippen LogP contribution in [0, 0.1) is 11.7 Å². The van der Waals surface area contributed by atoms with Crippen LogP contribution in [0.1, 0.15) is 33.6 Å². The van der Waals surface area contributed by atoms with Crippen molar-refractivity contribution in [2.45, 2.75) is 44.0 Å². The lowest BCUT2D eigenvalue weighted by Gasteiger charge is -2.32. The standard InChI is InChI=1S/C16H25FN2OS/c1-4-16(5-2,11-18)19-15(20)12(3)10-21-14-8-6-13(17)7-9-14/h6-9,12H,4-5,10-11,18H2,1-3H3,(H,19,20). The highest BCUT2D eigenvalue weighted by atomic mass is 32.2. The summed E-state index contributed by atoms with van der Waals surface area (Å²) in [6.45, 7) is 6.42. The van der Waals surface area contributed by atoms with Crippen LogP contribution in [0.2, 0.25) is 0 Å². The third kappa shape index (κ3) is 5.32. The average Bonchev–Trinajstić information content (AvgIpc) is 2.51. The van der Waals surface area contributed by atoms with E-state index in [9.17, 15) is 9.18 Å². The number of nitrogens with one attached hydrogen (secondary N) is 1. The lowest BCUT2D eigenvalue weighted by atomic mass is 9.92. The van der Waals surface area contributed by atoms with Crippen LogP contribution in [0.15, 0.2) is 29.2 Å². The molecule has 1 aromatic rings. The Labute approximate surface area is 130 Å². The molecule has 0 spiro atoms. The maximum Gasteiger partial charge on any atom is 0.224 e. The fraction of sp³-hybridized carbons (Fsp3) is 0.562. The van der Waals surface area contributed by atoms with Crippen molar-refractivity contribution < 1.29 is 9.18 Å². The first-order valence-corrected chi connectivity index (χ1v) is 8.35. The van der Waals surface area contributed by atoms with E-state index in [1.165, 1.54) is 12.1 Å². The largest absolute Gasteiger partial charge is 0.349 e. The van der Waals surface area contributed by atoms with Gasteiger partial charge < -0.3 is 11.1 Å². The predicted molar refractivity (Wildman–Crippen MR) is 86.8 cm³/mol. The van der Waals surface area contributed by atoms with Gasteiger partial charge in [-0.1, -0.05) is 20.8 Å². The minimum absolute atomic E-state index is 0.0266. The molecule has 0 aliphatic rings. The molecule has 0 fully saturated rings. The van der Waals surface area contributed by atoms with Gasteiger partial charge in [-0.25, -0.2) is 4.39 Å². The predicted octanol–water partition coefficient (Wildman–Crippen LogP) is 3.19. The Morgan fingerprint density at radius 1 is 1.33 bits per heavy atom. The van der Waals surface area contributed by atoms with Gasteiger partial charge in [0.2, 0.25) is 5.91 Å². The second-order valence-corrected chi connectivity index (χ2v) is 6.44. The fourth-order valence-corrected chi connectivity index (χ4v) is 2.90. The summed E-state index contributed by atoms with van der Waals surface area (Å²) in [5.74, 6) is 0.317. The van der Waals surface area contributed by atoms with Gasteiger partial charge >= 0.3 is 0 Å². The van der Waals surface area contributed by atoms with Crippen molar-refractivity contribution in [3.8, 4) is 0 Å². The summed E-state index contributed by atoms with van der Waals surface area (Å²) in [5, 5.41) is 3.09. The molecule has 0 aliphatic carbocycles. The smallest absolute Gasteiger partial charge is 0.224 e. The molecule has 5 heteroatoms. The minimum Gasteiger partial charge on any atom is -0.349 e. The minimum atomic E-state index is -0.300. The summed E-state index contributed by atoms with van der Waals surface area (Å²) in [5.41, 5.74) is 5.50. The van der Waals surface area contributed by atoms with E-state index in [4.69, 9.17) is 5.73 Å². The van der Waals surface area contributed by atoms with Gasteiger partial charge in [0.1, 0.15) is 5.82 Å². The molecule has 0 saturated carbocycles. The molecule has 0 radical (unpaired) electrons. The first-order chi connectivity index (χ1) is 9.96. The van der Waals surface area contributed by atoms with Crippen LogP contribution in [0.3, 0.4) is 0 Å². The van der Waals surface area contributed by atoms with Crippen LogP contribution < -0.4 is 11.1 Å².